The number of hydrazine groups is 1. The standard InChI is InChI=1S/C25H23Cl5N4O5/c26-14-7-13(8-15(27)9-14)20-21(25(20,29)30)23(36)31-16-1-2-19(28)18(10-16)22(35)32-34-12-17(39-24(34)37)11-33-3-5-38-6-4-33/h1-2,7-10,17,20-21H,3-6,11-12H2,(H,31,36)(H,32,35)/t17?,20-,21+/m0/s1. The normalized spacial score (nSPS) is 24.3. The maximum atomic E-state index is 13.1. The van der Waals surface area contributed by atoms with Crippen LogP contribution in [0.2, 0.25) is 15.1 Å². The number of benzene rings is 2. The first kappa shape index (κ1) is 28.5. The van der Waals surface area contributed by atoms with Crippen LogP contribution in [0.15, 0.2) is 36.4 Å². The Bertz CT molecular complexity index is 1290. The Morgan fingerprint density at radius 3 is 2.41 bits per heavy atom. The molecule has 208 valence electrons. The van der Waals surface area contributed by atoms with E-state index in [-0.39, 0.29) is 17.1 Å². The van der Waals surface area contributed by atoms with Crippen molar-refractivity contribution >= 4 is 81.6 Å². The number of carbonyl (C=O) groups is 3. The minimum absolute atomic E-state index is 0.0517. The van der Waals surface area contributed by atoms with Gasteiger partial charge >= 0.3 is 6.09 Å². The summed E-state index contributed by atoms with van der Waals surface area (Å²) in [5.41, 5.74) is 3.52. The van der Waals surface area contributed by atoms with Gasteiger partial charge in [0.05, 0.1) is 36.3 Å². The molecular formula is C25H23Cl5N4O5. The molecule has 3 aliphatic rings. The van der Waals surface area contributed by atoms with E-state index in [2.05, 4.69) is 15.6 Å². The molecule has 2 N–H and O–H groups in total. The van der Waals surface area contributed by atoms with Gasteiger partial charge in [-0.25, -0.2) is 9.80 Å². The molecule has 0 radical (unpaired) electrons. The monoisotopic (exact) mass is 634 g/mol. The quantitative estimate of drug-likeness (QED) is 0.417. The van der Waals surface area contributed by atoms with Gasteiger partial charge in [-0.2, -0.15) is 0 Å². The molecule has 2 heterocycles. The van der Waals surface area contributed by atoms with Crippen molar-refractivity contribution in [2.24, 2.45) is 5.92 Å². The molecule has 2 aromatic rings. The first-order valence-electron chi connectivity index (χ1n) is 12.1. The Labute approximate surface area is 249 Å². The van der Waals surface area contributed by atoms with E-state index in [0.29, 0.717) is 41.1 Å². The van der Waals surface area contributed by atoms with Gasteiger partial charge in [0.2, 0.25) is 5.91 Å². The summed E-state index contributed by atoms with van der Waals surface area (Å²) in [6.07, 6.45) is -1.06. The number of carbonyl (C=O) groups excluding carboxylic acids is 3. The van der Waals surface area contributed by atoms with Crippen LogP contribution in [0.5, 0.6) is 0 Å². The first-order chi connectivity index (χ1) is 18.5. The molecule has 1 aliphatic carbocycles. The summed E-state index contributed by atoms with van der Waals surface area (Å²) in [7, 11) is 0. The Balaban J connectivity index is 1.22. The predicted molar refractivity (Wildman–Crippen MR) is 149 cm³/mol. The van der Waals surface area contributed by atoms with Gasteiger partial charge in [-0.05, 0) is 42.0 Å². The van der Waals surface area contributed by atoms with Crippen molar-refractivity contribution in [1.82, 2.24) is 15.3 Å². The van der Waals surface area contributed by atoms with Crippen molar-refractivity contribution in [3.05, 3.63) is 62.6 Å². The fourth-order valence-corrected chi connectivity index (χ4v) is 6.36. The molecule has 3 fully saturated rings. The molecular weight excluding hydrogens is 614 g/mol. The van der Waals surface area contributed by atoms with E-state index in [1.54, 1.807) is 18.2 Å². The van der Waals surface area contributed by atoms with E-state index >= 15 is 0 Å². The van der Waals surface area contributed by atoms with Gasteiger partial charge in [0.15, 0.2) is 0 Å². The number of nitrogens with zero attached hydrogens (tertiary/aromatic N) is 2. The molecule has 2 aromatic carbocycles. The lowest BCUT2D eigenvalue weighted by atomic mass is 10.1. The smallest absolute Gasteiger partial charge is 0.429 e. The van der Waals surface area contributed by atoms with Gasteiger partial charge in [0, 0.05) is 41.3 Å². The zero-order valence-electron chi connectivity index (χ0n) is 20.3. The lowest BCUT2D eigenvalue weighted by Crippen LogP contribution is -2.45. The van der Waals surface area contributed by atoms with Crippen LogP contribution in [0.1, 0.15) is 21.8 Å². The number of alkyl halides is 2. The number of rotatable bonds is 7. The van der Waals surface area contributed by atoms with E-state index in [9.17, 15) is 14.4 Å². The highest BCUT2D eigenvalue weighted by Gasteiger charge is 2.67. The van der Waals surface area contributed by atoms with E-state index in [4.69, 9.17) is 67.5 Å². The minimum Gasteiger partial charge on any atom is -0.442 e. The summed E-state index contributed by atoms with van der Waals surface area (Å²) in [6, 6.07) is 9.29. The second-order valence-electron chi connectivity index (χ2n) is 9.49. The third-order valence-corrected chi connectivity index (χ3v) is 8.44. The van der Waals surface area contributed by atoms with E-state index in [0.717, 1.165) is 18.1 Å². The number of hydrogen-bond acceptors (Lipinski definition) is 6. The van der Waals surface area contributed by atoms with Gasteiger partial charge in [-0.15, -0.1) is 23.2 Å². The van der Waals surface area contributed by atoms with Gasteiger partial charge < -0.3 is 14.8 Å². The third kappa shape index (κ3) is 6.35. The largest absolute Gasteiger partial charge is 0.442 e. The molecule has 3 amide bonds. The number of amides is 3. The molecule has 0 aromatic heterocycles. The van der Waals surface area contributed by atoms with Crippen LogP contribution in [0.4, 0.5) is 10.5 Å². The molecule has 1 unspecified atom stereocenters. The molecule has 9 nitrogen and oxygen atoms in total. The van der Waals surface area contributed by atoms with E-state index in [1.807, 2.05) is 0 Å². The molecule has 1 saturated carbocycles. The number of morpholine rings is 1. The fourth-order valence-electron chi connectivity index (χ4n) is 4.78. The van der Waals surface area contributed by atoms with Gasteiger partial charge in [0.1, 0.15) is 10.4 Å². The van der Waals surface area contributed by atoms with Gasteiger partial charge in [-0.3, -0.25) is 19.9 Å². The summed E-state index contributed by atoms with van der Waals surface area (Å²) in [6.45, 7) is 3.46. The zero-order valence-corrected chi connectivity index (χ0v) is 24.0. The van der Waals surface area contributed by atoms with Crippen molar-refractivity contribution in [3.8, 4) is 0 Å². The summed E-state index contributed by atoms with van der Waals surface area (Å²) >= 11 is 31.3. The number of cyclic esters (lactones) is 1. The Hall–Kier alpha value is -1.98. The zero-order chi connectivity index (χ0) is 27.9. The molecule has 2 saturated heterocycles. The maximum Gasteiger partial charge on any atom is 0.429 e. The van der Waals surface area contributed by atoms with Crippen LogP contribution < -0.4 is 10.7 Å². The van der Waals surface area contributed by atoms with E-state index < -0.39 is 40.2 Å². The predicted octanol–water partition coefficient (Wildman–Crippen LogP) is 4.97. The van der Waals surface area contributed by atoms with Crippen LogP contribution in [-0.2, 0) is 14.3 Å². The fraction of sp³-hybridized carbons (Fsp3) is 0.400. The molecule has 2 aliphatic heterocycles. The van der Waals surface area contributed by atoms with Gasteiger partial charge in [-0.1, -0.05) is 34.8 Å². The Morgan fingerprint density at radius 2 is 1.72 bits per heavy atom. The Kier molecular flexibility index (Phi) is 8.41. The lowest BCUT2D eigenvalue weighted by Gasteiger charge is -2.27. The average Bonchev–Trinajstić information content (AvgIpc) is 3.30. The Morgan fingerprint density at radius 1 is 1.03 bits per heavy atom. The number of anilines is 1. The van der Waals surface area contributed by atoms with Crippen molar-refractivity contribution in [2.75, 3.05) is 44.7 Å². The van der Waals surface area contributed by atoms with Crippen LogP contribution >= 0.6 is 58.0 Å². The molecule has 0 spiro atoms. The first-order valence-corrected chi connectivity index (χ1v) is 14.0. The molecule has 39 heavy (non-hydrogen) atoms. The number of halogens is 5. The van der Waals surface area contributed by atoms with Crippen molar-refractivity contribution in [1.29, 1.82) is 0 Å². The summed E-state index contributed by atoms with van der Waals surface area (Å²) < 4.78 is 9.37. The molecule has 3 atom stereocenters. The van der Waals surface area contributed by atoms with Crippen LogP contribution in [0, 0.1) is 5.92 Å². The molecule has 14 heteroatoms. The summed E-state index contributed by atoms with van der Waals surface area (Å²) in [5.74, 6) is -2.41. The minimum atomic E-state index is -1.36. The summed E-state index contributed by atoms with van der Waals surface area (Å²) in [4.78, 5) is 40.5. The van der Waals surface area contributed by atoms with E-state index in [1.165, 1.54) is 18.2 Å². The van der Waals surface area contributed by atoms with Crippen LogP contribution in [0.25, 0.3) is 0 Å². The van der Waals surface area contributed by atoms with Gasteiger partial charge in [0.25, 0.3) is 5.91 Å². The second kappa shape index (κ2) is 11.5. The highest BCUT2D eigenvalue weighted by molar-refractivity contribution is 6.53. The maximum absolute atomic E-state index is 13.1. The number of ether oxygens (including phenoxy) is 2. The van der Waals surface area contributed by atoms with Crippen molar-refractivity contribution in [3.63, 3.8) is 0 Å². The lowest BCUT2D eigenvalue weighted by molar-refractivity contribution is -0.117. The van der Waals surface area contributed by atoms with Crippen molar-refractivity contribution < 1.29 is 23.9 Å². The highest BCUT2D eigenvalue weighted by atomic mass is 35.5. The third-order valence-electron chi connectivity index (χ3n) is 6.73. The van der Waals surface area contributed by atoms with Crippen LogP contribution in [0.3, 0.4) is 0 Å². The second-order valence-corrected chi connectivity index (χ2v) is 12.2. The van der Waals surface area contributed by atoms with Crippen LogP contribution in [-0.4, -0.2) is 77.6 Å². The molecule has 5 rings (SSSR count). The SMILES string of the molecule is O=C(NN1CC(CN2CCOCC2)OC1=O)c1cc(NC(=O)[C@H]2[C@H](c3cc(Cl)cc(Cl)c3)C2(Cl)Cl)ccc1Cl. The van der Waals surface area contributed by atoms with Crippen molar-refractivity contribution in [2.45, 2.75) is 16.4 Å². The summed E-state index contributed by atoms with van der Waals surface area (Å²) in [5, 5.41) is 4.77. The number of hydrogen-bond donors (Lipinski definition) is 2. The number of nitrogens with one attached hydrogen (secondary N) is 2. The topological polar surface area (TPSA) is 100 Å². The molecule has 0 bridgehead atoms. The highest BCUT2D eigenvalue weighted by Crippen LogP contribution is 2.65. The average molecular weight is 637 g/mol.